The minimum absolute atomic E-state index is 0.211. The molecule has 3 heterocycles. The van der Waals surface area contributed by atoms with Crippen LogP contribution in [0.3, 0.4) is 0 Å². The Kier molecular flexibility index (Phi) is 4.36. The van der Waals surface area contributed by atoms with E-state index < -0.39 is 0 Å². The molecule has 2 aromatic carbocycles. The first-order valence-electron chi connectivity index (χ1n) is 9.33. The molecule has 2 aromatic heterocycles. The number of carbonyl (C=O) groups is 1. The van der Waals surface area contributed by atoms with Crippen molar-refractivity contribution in [1.29, 1.82) is 0 Å². The van der Waals surface area contributed by atoms with Crippen molar-refractivity contribution in [3.05, 3.63) is 77.6 Å². The first-order valence-corrected chi connectivity index (χ1v) is 9.33. The zero-order valence-electron chi connectivity index (χ0n) is 16.1. The largest absolute Gasteiger partial charge is 0.454 e. The number of fused-ring (bicyclic) bond motifs is 2. The monoisotopic (exact) mass is 399 g/mol. The van der Waals surface area contributed by atoms with Gasteiger partial charge in [-0.05, 0) is 48.9 Å². The van der Waals surface area contributed by atoms with Gasteiger partial charge in [-0.3, -0.25) is 4.79 Å². The number of rotatable bonds is 4. The molecule has 0 fully saturated rings. The molecule has 0 saturated heterocycles. The van der Waals surface area contributed by atoms with Crippen molar-refractivity contribution in [3.8, 4) is 17.2 Å². The van der Waals surface area contributed by atoms with E-state index >= 15 is 0 Å². The third-order valence-corrected chi connectivity index (χ3v) is 4.75. The van der Waals surface area contributed by atoms with E-state index in [4.69, 9.17) is 9.47 Å². The Bertz CT molecular complexity index is 1280. The minimum Gasteiger partial charge on any atom is -0.454 e. The van der Waals surface area contributed by atoms with Crippen LogP contribution in [0.25, 0.3) is 16.7 Å². The number of nitrogens with one attached hydrogen (secondary N) is 1. The summed E-state index contributed by atoms with van der Waals surface area (Å²) < 4.78 is 12.4. The van der Waals surface area contributed by atoms with Gasteiger partial charge in [0.2, 0.25) is 6.79 Å². The van der Waals surface area contributed by atoms with Crippen LogP contribution in [0.2, 0.25) is 0 Å². The summed E-state index contributed by atoms with van der Waals surface area (Å²) in [5.74, 6) is 1.00. The quantitative estimate of drug-likeness (QED) is 0.420. The predicted molar refractivity (Wildman–Crippen MR) is 111 cm³/mol. The lowest BCUT2D eigenvalue weighted by molar-refractivity contribution is 0.0955. The van der Waals surface area contributed by atoms with Crippen LogP contribution >= 0.6 is 0 Å². The fourth-order valence-corrected chi connectivity index (χ4v) is 3.24. The minimum atomic E-state index is -0.353. The fraction of sp³-hybridized carbons (Fsp3) is 0.0909. The van der Waals surface area contributed by atoms with Crippen LogP contribution in [0.5, 0.6) is 11.5 Å². The number of carbonyl (C=O) groups excluding carboxylic acids is 1. The van der Waals surface area contributed by atoms with Crippen molar-refractivity contribution < 1.29 is 14.3 Å². The maximum atomic E-state index is 12.5. The Labute approximate surface area is 171 Å². The lowest BCUT2D eigenvalue weighted by atomic mass is 10.2. The highest BCUT2D eigenvalue weighted by molar-refractivity contribution is 5.98. The van der Waals surface area contributed by atoms with E-state index in [1.54, 1.807) is 29.1 Å². The van der Waals surface area contributed by atoms with E-state index in [1.165, 1.54) is 6.20 Å². The number of aryl methyl sites for hydroxylation is 1. The molecule has 148 valence electrons. The van der Waals surface area contributed by atoms with E-state index in [2.05, 4.69) is 20.6 Å². The summed E-state index contributed by atoms with van der Waals surface area (Å²) in [5, 5.41) is 9.40. The van der Waals surface area contributed by atoms with Crippen LogP contribution < -0.4 is 14.9 Å². The van der Waals surface area contributed by atoms with Gasteiger partial charge < -0.3 is 9.47 Å². The molecule has 8 heteroatoms. The standard InChI is InChI=1S/C22H17N5O3/c1-14-18-10-16(12-23-21(18)27(26-14)17-5-3-2-4-6-17)22(28)25-24-11-15-7-8-19-20(9-15)30-13-29-19/h2-12H,13H2,1H3,(H,25,28)/b24-11-. The second-order valence-corrected chi connectivity index (χ2v) is 6.74. The number of hydrogen-bond donors (Lipinski definition) is 1. The van der Waals surface area contributed by atoms with E-state index in [0.717, 1.165) is 22.3 Å². The molecule has 5 rings (SSSR count). The SMILES string of the molecule is Cc1nn(-c2ccccc2)c2ncc(C(=O)N/N=C\c3ccc4c(c3)OCO4)cc12. The number of aromatic nitrogens is 3. The summed E-state index contributed by atoms with van der Waals surface area (Å²) in [4.78, 5) is 17.0. The molecule has 0 atom stereocenters. The summed E-state index contributed by atoms with van der Waals surface area (Å²) in [6.45, 7) is 2.10. The van der Waals surface area contributed by atoms with Gasteiger partial charge in [0.25, 0.3) is 5.91 Å². The van der Waals surface area contributed by atoms with Crippen LogP contribution in [0, 0.1) is 6.92 Å². The van der Waals surface area contributed by atoms with Crippen LogP contribution in [0.1, 0.15) is 21.6 Å². The molecule has 8 nitrogen and oxygen atoms in total. The molecule has 0 saturated carbocycles. The summed E-state index contributed by atoms with van der Waals surface area (Å²) >= 11 is 0. The molecule has 1 amide bonds. The summed E-state index contributed by atoms with van der Waals surface area (Å²) in [6.07, 6.45) is 3.07. The molecule has 0 bridgehead atoms. The molecule has 1 N–H and O–H groups in total. The van der Waals surface area contributed by atoms with E-state index in [-0.39, 0.29) is 12.7 Å². The molecular weight excluding hydrogens is 382 g/mol. The van der Waals surface area contributed by atoms with Gasteiger partial charge in [-0.2, -0.15) is 10.2 Å². The Morgan fingerprint density at radius 1 is 1.13 bits per heavy atom. The third-order valence-electron chi connectivity index (χ3n) is 4.75. The molecule has 4 aromatic rings. The van der Waals surface area contributed by atoms with Crippen molar-refractivity contribution in [2.45, 2.75) is 6.92 Å². The molecule has 0 spiro atoms. The number of nitrogens with zero attached hydrogens (tertiary/aromatic N) is 4. The summed E-state index contributed by atoms with van der Waals surface area (Å²) in [5.41, 5.74) is 6.11. The zero-order valence-corrected chi connectivity index (χ0v) is 16.1. The number of amides is 1. The highest BCUT2D eigenvalue weighted by Crippen LogP contribution is 2.32. The Morgan fingerprint density at radius 3 is 2.83 bits per heavy atom. The van der Waals surface area contributed by atoms with Crippen molar-refractivity contribution in [3.63, 3.8) is 0 Å². The first-order chi connectivity index (χ1) is 14.7. The number of benzene rings is 2. The second-order valence-electron chi connectivity index (χ2n) is 6.74. The van der Waals surface area contributed by atoms with Gasteiger partial charge >= 0.3 is 0 Å². The maximum absolute atomic E-state index is 12.5. The number of hydrazone groups is 1. The Hall–Kier alpha value is -4.20. The molecule has 30 heavy (non-hydrogen) atoms. The Morgan fingerprint density at radius 2 is 1.97 bits per heavy atom. The lowest BCUT2D eigenvalue weighted by Gasteiger charge is -2.03. The molecule has 0 aliphatic carbocycles. The van der Waals surface area contributed by atoms with Gasteiger partial charge in [-0.25, -0.2) is 15.1 Å². The summed E-state index contributed by atoms with van der Waals surface area (Å²) in [7, 11) is 0. The lowest BCUT2D eigenvalue weighted by Crippen LogP contribution is -2.17. The first kappa shape index (κ1) is 17.9. The molecule has 1 aliphatic heterocycles. The highest BCUT2D eigenvalue weighted by atomic mass is 16.7. The van der Waals surface area contributed by atoms with E-state index in [9.17, 15) is 4.79 Å². The average Bonchev–Trinajstić information content (AvgIpc) is 3.38. The Balaban J connectivity index is 1.36. The van der Waals surface area contributed by atoms with Crippen LogP contribution in [-0.4, -0.2) is 33.7 Å². The number of para-hydroxylation sites is 1. The smallest absolute Gasteiger partial charge is 0.272 e. The van der Waals surface area contributed by atoms with E-state index in [1.807, 2.05) is 43.3 Å². The van der Waals surface area contributed by atoms with Gasteiger partial charge in [0.05, 0.1) is 23.2 Å². The van der Waals surface area contributed by atoms with Crippen molar-refractivity contribution in [1.82, 2.24) is 20.2 Å². The molecule has 0 unspecified atom stereocenters. The fourth-order valence-electron chi connectivity index (χ4n) is 3.24. The highest BCUT2D eigenvalue weighted by Gasteiger charge is 2.14. The van der Waals surface area contributed by atoms with Gasteiger partial charge in [-0.15, -0.1) is 0 Å². The summed E-state index contributed by atoms with van der Waals surface area (Å²) in [6, 6.07) is 17.0. The number of hydrogen-bond acceptors (Lipinski definition) is 6. The molecule has 1 aliphatic rings. The van der Waals surface area contributed by atoms with Crippen LogP contribution in [0.15, 0.2) is 65.9 Å². The second kappa shape index (κ2) is 7.32. The van der Waals surface area contributed by atoms with Crippen LogP contribution in [0.4, 0.5) is 0 Å². The van der Waals surface area contributed by atoms with Gasteiger partial charge in [0, 0.05) is 11.6 Å². The van der Waals surface area contributed by atoms with Crippen molar-refractivity contribution in [2.75, 3.05) is 6.79 Å². The van der Waals surface area contributed by atoms with Gasteiger partial charge in [0.15, 0.2) is 17.1 Å². The van der Waals surface area contributed by atoms with Crippen LogP contribution in [-0.2, 0) is 0 Å². The maximum Gasteiger partial charge on any atom is 0.272 e. The number of ether oxygens (including phenoxy) is 2. The van der Waals surface area contributed by atoms with E-state index in [0.29, 0.717) is 22.7 Å². The molecule has 0 radical (unpaired) electrons. The zero-order chi connectivity index (χ0) is 20.5. The predicted octanol–water partition coefficient (Wildman–Crippen LogP) is 3.22. The van der Waals surface area contributed by atoms with Gasteiger partial charge in [-0.1, -0.05) is 18.2 Å². The topological polar surface area (TPSA) is 90.6 Å². The van der Waals surface area contributed by atoms with Crippen molar-refractivity contribution in [2.24, 2.45) is 5.10 Å². The third kappa shape index (κ3) is 3.24. The van der Waals surface area contributed by atoms with Gasteiger partial charge in [0.1, 0.15) is 0 Å². The van der Waals surface area contributed by atoms with Crippen molar-refractivity contribution >= 4 is 23.2 Å². The normalized spacial score (nSPS) is 12.6. The average molecular weight is 399 g/mol. The number of pyridine rings is 1. The molecular formula is C22H17N5O3.